The van der Waals surface area contributed by atoms with Crippen molar-refractivity contribution in [1.29, 1.82) is 0 Å². The van der Waals surface area contributed by atoms with Gasteiger partial charge in [0.1, 0.15) is 0 Å². The molecule has 3 aromatic rings. The zero-order valence-corrected chi connectivity index (χ0v) is 14.9. The maximum atomic E-state index is 12.1. The zero-order valence-electron chi connectivity index (χ0n) is 14.9. The molecule has 0 aliphatic rings. The third kappa shape index (κ3) is 3.35. The molecule has 0 spiro atoms. The number of rotatable bonds is 6. The molecule has 0 radical (unpaired) electrons. The first-order valence-electron chi connectivity index (χ1n) is 8.69. The summed E-state index contributed by atoms with van der Waals surface area (Å²) >= 11 is 0. The number of aromatic nitrogens is 3. The number of aliphatic hydroxyl groups is 1. The molecule has 0 aliphatic heterocycles. The summed E-state index contributed by atoms with van der Waals surface area (Å²) in [4.78, 5) is 16.8. The van der Waals surface area contributed by atoms with Gasteiger partial charge in [-0.15, -0.1) is 0 Å². The Kier molecular flexibility index (Phi) is 4.99. The van der Waals surface area contributed by atoms with Crippen molar-refractivity contribution >= 4 is 22.5 Å². The van der Waals surface area contributed by atoms with Gasteiger partial charge in [-0.25, -0.2) is 9.50 Å². The van der Waals surface area contributed by atoms with Gasteiger partial charge in [-0.3, -0.25) is 4.79 Å². The van der Waals surface area contributed by atoms with Crippen molar-refractivity contribution in [2.24, 2.45) is 0 Å². The minimum atomic E-state index is -0.174. The summed E-state index contributed by atoms with van der Waals surface area (Å²) in [6.07, 6.45) is 1.68. The highest BCUT2D eigenvalue weighted by atomic mass is 16.3. The quantitative estimate of drug-likeness (QED) is 0.722. The molecule has 2 aromatic heterocycles. The number of nitrogens with zero attached hydrogens (tertiary/aromatic N) is 3. The average molecular weight is 340 g/mol. The van der Waals surface area contributed by atoms with Crippen LogP contribution in [0.15, 0.2) is 24.3 Å². The maximum Gasteiger partial charge on any atom is 0.220 e. The second-order valence-electron chi connectivity index (χ2n) is 6.37. The normalized spacial score (nSPS) is 12.6. The molecule has 6 nitrogen and oxygen atoms in total. The Morgan fingerprint density at radius 2 is 2.08 bits per heavy atom. The van der Waals surface area contributed by atoms with Crippen LogP contribution < -0.4 is 5.32 Å². The predicted molar refractivity (Wildman–Crippen MR) is 97.6 cm³/mol. The van der Waals surface area contributed by atoms with Crippen molar-refractivity contribution in [3.05, 3.63) is 41.2 Å². The highest BCUT2D eigenvalue weighted by Gasteiger charge is 2.15. The molecule has 2 heterocycles. The first-order valence-corrected chi connectivity index (χ1v) is 8.69. The van der Waals surface area contributed by atoms with E-state index in [1.54, 1.807) is 0 Å². The van der Waals surface area contributed by atoms with E-state index in [0.29, 0.717) is 19.3 Å². The largest absolute Gasteiger partial charge is 0.394 e. The lowest BCUT2D eigenvalue weighted by Crippen LogP contribution is -2.37. The van der Waals surface area contributed by atoms with Crippen LogP contribution in [0.25, 0.3) is 16.6 Å². The van der Waals surface area contributed by atoms with Crippen molar-refractivity contribution in [2.45, 2.75) is 46.1 Å². The van der Waals surface area contributed by atoms with Gasteiger partial charge in [0, 0.05) is 23.2 Å². The second-order valence-corrected chi connectivity index (χ2v) is 6.37. The summed E-state index contributed by atoms with van der Waals surface area (Å²) in [5, 5.41) is 17.7. The van der Waals surface area contributed by atoms with Crippen LogP contribution in [-0.4, -0.2) is 38.3 Å². The van der Waals surface area contributed by atoms with Crippen molar-refractivity contribution in [3.63, 3.8) is 0 Å². The van der Waals surface area contributed by atoms with Crippen LogP contribution in [0.4, 0.5) is 0 Å². The van der Waals surface area contributed by atoms with Gasteiger partial charge in [0.2, 0.25) is 5.91 Å². The fourth-order valence-corrected chi connectivity index (χ4v) is 3.15. The fourth-order valence-electron chi connectivity index (χ4n) is 3.15. The summed E-state index contributed by atoms with van der Waals surface area (Å²) in [6, 6.07) is 7.78. The number of carbonyl (C=O) groups excluding carboxylic acids is 1. The molecular weight excluding hydrogens is 316 g/mol. The van der Waals surface area contributed by atoms with Crippen LogP contribution in [0.5, 0.6) is 0 Å². The minimum absolute atomic E-state index is 0.0340. The summed E-state index contributed by atoms with van der Waals surface area (Å²) in [5.41, 5.74) is 4.76. The molecule has 1 amide bonds. The average Bonchev–Trinajstić information content (AvgIpc) is 2.98. The number of nitrogens with one attached hydrogen (secondary N) is 1. The van der Waals surface area contributed by atoms with Crippen LogP contribution in [0.3, 0.4) is 0 Å². The molecular formula is C19H24N4O2. The van der Waals surface area contributed by atoms with Gasteiger partial charge in [-0.1, -0.05) is 19.1 Å². The topological polar surface area (TPSA) is 79.5 Å². The molecule has 0 aliphatic carbocycles. The number of aryl methyl sites for hydroxylation is 2. The Hall–Kier alpha value is -2.47. The lowest BCUT2D eigenvalue weighted by Gasteiger charge is -2.15. The minimum Gasteiger partial charge on any atom is -0.394 e. The predicted octanol–water partition coefficient (Wildman–Crippen LogP) is 2.32. The van der Waals surface area contributed by atoms with Crippen LogP contribution in [-0.2, 0) is 11.2 Å². The summed E-state index contributed by atoms with van der Waals surface area (Å²) in [6.45, 7) is 5.90. The highest BCUT2D eigenvalue weighted by Crippen LogP contribution is 2.22. The van der Waals surface area contributed by atoms with E-state index in [-0.39, 0.29) is 18.6 Å². The van der Waals surface area contributed by atoms with E-state index >= 15 is 0 Å². The molecule has 0 bridgehead atoms. The SMILES string of the molecule is CCC(CO)NC(=O)CCc1c(C)nc2c3ccccc3nn2c1C. The van der Waals surface area contributed by atoms with Crippen LogP contribution >= 0.6 is 0 Å². The summed E-state index contributed by atoms with van der Waals surface area (Å²) in [5.74, 6) is -0.0505. The van der Waals surface area contributed by atoms with E-state index in [9.17, 15) is 9.90 Å². The number of aliphatic hydroxyl groups excluding tert-OH is 1. The monoisotopic (exact) mass is 340 g/mol. The van der Waals surface area contributed by atoms with E-state index in [1.807, 2.05) is 49.6 Å². The summed E-state index contributed by atoms with van der Waals surface area (Å²) < 4.78 is 1.87. The maximum absolute atomic E-state index is 12.1. The van der Waals surface area contributed by atoms with Gasteiger partial charge in [0.05, 0.1) is 18.2 Å². The standard InChI is InChI=1S/C19H24N4O2/c1-4-14(11-24)21-18(25)10-9-15-12(2)20-19-16-7-5-6-8-17(16)22-23(19)13(15)3/h5-8,14,24H,4,9-11H2,1-3H3,(H,21,25). The molecule has 0 saturated heterocycles. The number of benzene rings is 1. The first kappa shape index (κ1) is 17.4. The Balaban J connectivity index is 1.87. The molecule has 0 saturated carbocycles. The second kappa shape index (κ2) is 7.19. The van der Waals surface area contributed by atoms with Gasteiger partial charge in [0.15, 0.2) is 5.65 Å². The van der Waals surface area contributed by atoms with E-state index < -0.39 is 0 Å². The fraction of sp³-hybridized carbons (Fsp3) is 0.421. The number of hydrogen-bond acceptors (Lipinski definition) is 4. The van der Waals surface area contributed by atoms with Gasteiger partial charge >= 0.3 is 0 Å². The summed E-state index contributed by atoms with van der Waals surface area (Å²) in [7, 11) is 0. The molecule has 1 aromatic carbocycles. The van der Waals surface area contributed by atoms with Gasteiger partial charge in [0.25, 0.3) is 0 Å². The van der Waals surface area contributed by atoms with Crippen LogP contribution in [0.2, 0.25) is 0 Å². The number of amides is 1. The van der Waals surface area contributed by atoms with Crippen LogP contribution in [0.1, 0.15) is 36.7 Å². The van der Waals surface area contributed by atoms with E-state index in [1.165, 1.54) is 0 Å². The molecule has 25 heavy (non-hydrogen) atoms. The molecule has 1 unspecified atom stereocenters. The van der Waals surface area contributed by atoms with Crippen molar-refractivity contribution in [1.82, 2.24) is 19.9 Å². The molecule has 0 fully saturated rings. The van der Waals surface area contributed by atoms with Crippen molar-refractivity contribution in [3.8, 4) is 0 Å². The van der Waals surface area contributed by atoms with Gasteiger partial charge in [-0.05, 0) is 44.4 Å². The Bertz CT molecular complexity index is 913. The lowest BCUT2D eigenvalue weighted by molar-refractivity contribution is -0.122. The molecule has 132 valence electrons. The Labute approximate surface area is 146 Å². The smallest absolute Gasteiger partial charge is 0.220 e. The van der Waals surface area contributed by atoms with E-state index in [4.69, 9.17) is 4.98 Å². The van der Waals surface area contributed by atoms with Gasteiger partial charge in [-0.2, -0.15) is 5.10 Å². The van der Waals surface area contributed by atoms with Crippen molar-refractivity contribution in [2.75, 3.05) is 6.61 Å². The molecule has 1 atom stereocenters. The first-order chi connectivity index (χ1) is 12.0. The number of hydrogen-bond donors (Lipinski definition) is 2. The van der Waals surface area contributed by atoms with Gasteiger partial charge < -0.3 is 10.4 Å². The zero-order chi connectivity index (χ0) is 18.0. The lowest BCUT2D eigenvalue weighted by atomic mass is 10.1. The van der Waals surface area contributed by atoms with E-state index in [2.05, 4.69) is 10.4 Å². The third-order valence-electron chi connectivity index (χ3n) is 4.70. The number of fused-ring (bicyclic) bond motifs is 3. The Morgan fingerprint density at radius 1 is 1.32 bits per heavy atom. The highest BCUT2D eigenvalue weighted by molar-refractivity contribution is 5.92. The third-order valence-corrected chi connectivity index (χ3v) is 4.70. The van der Waals surface area contributed by atoms with Crippen molar-refractivity contribution < 1.29 is 9.90 Å². The molecule has 3 rings (SSSR count). The van der Waals surface area contributed by atoms with Crippen LogP contribution in [0, 0.1) is 13.8 Å². The molecule has 6 heteroatoms. The Morgan fingerprint density at radius 3 is 2.80 bits per heavy atom. The molecule has 2 N–H and O–H groups in total. The number of carbonyl (C=O) groups is 1. The van der Waals surface area contributed by atoms with E-state index in [0.717, 1.165) is 33.5 Å².